The van der Waals surface area contributed by atoms with Gasteiger partial charge in [-0.2, -0.15) is 0 Å². The first kappa shape index (κ1) is 9.00. The van der Waals surface area contributed by atoms with Crippen LogP contribution in [-0.4, -0.2) is 0 Å². The average molecular weight is 216 g/mol. The van der Waals surface area contributed by atoms with Gasteiger partial charge in [-0.05, 0) is 43.3 Å². The first-order chi connectivity index (χ1) is 7.00. The van der Waals surface area contributed by atoms with Crippen LogP contribution in [-0.2, 0) is 0 Å². The molecule has 0 aromatic heterocycles. The molecule has 0 spiro atoms. The highest BCUT2D eigenvalue weighted by atomic mass is 15.3. The zero-order chi connectivity index (χ0) is 12.0. The molecule has 0 amide bonds. The fourth-order valence-electron chi connectivity index (χ4n) is 11.6. The van der Waals surface area contributed by atoms with Crippen molar-refractivity contribution >= 4 is 0 Å². The summed E-state index contributed by atoms with van der Waals surface area (Å²) in [6.07, 6.45) is 0. The first-order valence-electron chi connectivity index (χ1n) is 7.00. The lowest BCUT2D eigenvalue weighted by atomic mass is 8.71. The van der Waals surface area contributed by atoms with Crippen LogP contribution < -0.4 is 0 Å². The molecule has 0 heterocycles. The van der Waals surface area contributed by atoms with Gasteiger partial charge in [0.1, 0.15) is 0 Å². The molecule has 6 aliphatic carbocycles. The lowest BCUT2D eigenvalue weighted by Crippen LogP contribution is -3.29. The fraction of sp³-hybridized carbons (Fsp3) is 1.00. The van der Waals surface area contributed by atoms with Crippen LogP contribution in [0.2, 0.25) is 0 Å². The van der Waals surface area contributed by atoms with Crippen LogP contribution in [0.15, 0.2) is 0 Å². The summed E-state index contributed by atoms with van der Waals surface area (Å²) in [5.74, 6) is 0. The maximum absolute atomic E-state index is 2.61. The van der Waals surface area contributed by atoms with Crippen LogP contribution in [0, 0.1) is 43.3 Å². The summed E-state index contributed by atoms with van der Waals surface area (Å²) in [6, 6.07) is 0. The molecule has 0 radical (unpaired) electrons. The molecule has 0 atom stereocenters. The van der Waals surface area contributed by atoms with Crippen molar-refractivity contribution < 1.29 is 0 Å². The maximum atomic E-state index is 2.61. The molecular weight excluding hydrogens is 192 g/mol. The van der Waals surface area contributed by atoms with Crippen molar-refractivity contribution in [3.8, 4) is 0 Å². The van der Waals surface area contributed by atoms with Gasteiger partial charge in [-0.1, -0.05) is 55.4 Å². The summed E-state index contributed by atoms with van der Waals surface area (Å²) < 4.78 is 0. The molecule has 16 heavy (non-hydrogen) atoms. The van der Waals surface area contributed by atoms with E-state index >= 15 is 0 Å². The molecule has 0 aromatic rings. The lowest BCUT2D eigenvalue weighted by Gasteiger charge is -3.32. The molecule has 0 aromatic carbocycles. The van der Waals surface area contributed by atoms with Gasteiger partial charge in [-0.3, -0.25) is 0 Å². The Morgan fingerprint density at radius 1 is 0.250 bits per heavy atom. The highest BCUT2D eigenvalue weighted by Crippen LogP contribution is 3.32. The number of rotatable bonds is 0. The predicted octanol–water partition coefficient (Wildman–Crippen LogP) is 4.10. The van der Waals surface area contributed by atoms with Crippen molar-refractivity contribution in [3.05, 3.63) is 0 Å². The maximum Gasteiger partial charge on any atom is -0.0130 e. The van der Waals surface area contributed by atoms with E-state index in [0.29, 0.717) is 43.3 Å². The minimum absolute atomic E-state index is 0.642. The van der Waals surface area contributed by atoms with Crippen molar-refractivity contribution in [1.29, 1.82) is 0 Å². The Morgan fingerprint density at radius 2 is 0.312 bits per heavy atom. The summed E-state index contributed by atoms with van der Waals surface area (Å²) in [5.41, 5.74) is 5.13. The smallest absolute Gasteiger partial charge is 0.0130 e. The van der Waals surface area contributed by atoms with Gasteiger partial charge in [0.2, 0.25) is 0 Å². The second-order valence-electron chi connectivity index (χ2n) is 9.00. The van der Waals surface area contributed by atoms with E-state index in [9.17, 15) is 0 Å². The molecule has 6 saturated carbocycles. The van der Waals surface area contributed by atoms with E-state index in [1.807, 2.05) is 0 Å². The monoisotopic (exact) mass is 216 g/mol. The standard InChI is InChI=1S/C16H24/c1-9-10(2)13(5)11(9,3)15(7)12(9,4)14(10,6)16(13,15)8/h1-8H3. The van der Waals surface area contributed by atoms with Crippen molar-refractivity contribution in [2.75, 3.05) is 0 Å². The highest BCUT2D eigenvalue weighted by Gasteiger charge is 3.29. The van der Waals surface area contributed by atoms with Gasteiger partial charge < -0.3 is 0 Å². The van der Waals surface area contributed by atoms with Crippen molar-refractivity contribution in [1.82, 2.24) is 0 Å². The second-order valence-corrected chi connectivity index (χ2v) is 9.00. The number of hydrogen-bond acceptors (Lipinski definition) is 0. The minimum Gasteiger partial charge on any atom is -0.0579 e. The van der Waals surface area contributed by atoms with Gasteiger partial charge in [0.25, 0.3) is 0 Å². The van der Waals surface area contributed by atoms with Crippen molar-refractivity contribution in [2.24, 2.45) is 43.3 Å². The van der Waals surface area contributed by atoms with Gasteiger partial charge in [0.05, 0.1) is 0 Å². The van der Waals surface area contributed by atoms with E-state index in [0.717, 1.165) is 0 Å². The van der Waals surface area contributed by atoms with Gasteiger partial charge in [0, 0.05) is 0 Å². The summed E-state index contributed by atoms with van der Waals surface area (Å²) in [6.45, 7) is 20.9. The van der Waals surface area contributed by atoms with E-state index in [2.05, 4.69) is 55.4 Å². The normalized spacial score (nSPS) is 97.5. The SMILES string of the molecule is CC12C3(C)C4(C)C1(C)C1(C)C2(C)C3(C)C41C. The van der Waals surface area contributed by atoms with E-state index < -0.39 is 0 Å². The molecular formula is C16H24. The Morgan fingerprint density at radius 3 is 0.375 bits per heavy atom. The Hall–Kier alpha value is 0. The minimum atomic E-state index is 0.642. The van der Waals surface area contributed by atoms with Crippen LogP contribution in [0.25, 0.3) is 0 Å². The third kappa shape index (κ3) is 0.203. The third-order valence-corrected chi connectivity index (χ3v) is 12.0. The van der Waals surface area contributed by atoms with Crippen LogP contribution in [0.4, 0.5) is 0 Å². The molecule has 0 heteroatoms. The summed E-state index contributed by atoms with van der Waals surface area (Å²) in [5, 5.41) is 0. The molecule has 0 nitrogen and oxygen atoms in total. The molecule has 0 N–H and O–H groups in total. The van der Waals surface area contributed by atoms with Crippen LogP contribution in [0.5, 0.6) is 0 Å². The molecule has 0 saturated heterocycles. The highest BCUT2D eigenvalue weighted by molar-refractivity contribution is 5.75. The lowest BCUT2D eigenvalue weighted by molar-refractivity contribution is -0.862. The van der Waals surface area contributed by atoms with Gasteiger partial charge in [-0.25, -0.2) is 0 Å². The Bertz CT molecular complexity index is 316. The van der Waals surface area contributed by atoms with E-state index in [1.165, 1.54) is 0 Å². The zero-order valence-corrected chi connectivity index (χ0v) is 12.0. The van der Waals surface area contributed by atoms with Crippen LogP contribution in [0.1, 0.15) is 55.4 Å². The topological polar surface area (TPSA) is 0 Å². The van der Waals surface area contributed by atoms with Gasteiger partial charge in [-0.15, -0.1) is 0 Å². The Kier molecular flexibility index (Phi) is 0.718. The molecule has 88 valence electrons. The largest absolute Gasteiger partial charge is 0.0579 e. The van der Waals surface area contributed by atoms with Crippen LogP contribution >= 0.6 is 0 Å². The van der Waals surface area contributed by atoms with Gasteiger partial charge >= 0.3 is 0 Å². The second kappa shape index (κ2) is 1.28. The zero-order valence-electron chi connectivity index (χ0n) is 12.0. The molecule has 6 fully saturated rings. The van der Waals surface area contributed by atoms with Crippen molar-refractivity contribution in [3.63, 3.8) is 0 Å². The first-order valence-corrected chi connectivity index (χ1v) is 7.00. The Labute approximate surface area is 99.2 Å². The van der Waals surface area contributed by atoms with E-state index in [4.69, 9.17) is 0 Å². The third-order valence-electron chi connectivity index (χ3n) is 12.0. The van der Waals surface area contributed by atoms with Gasteiger partial charge in [0.15, 0.2) is 0 Å². The van der Waals surface area contributed by atoms with Crippen LogP contribution in [0.3, 0.4) is 0 Å². The summed E-state index contributed by atoms with van der Waals surface area (Å²) in [7, 11) is 0. The molecule has 6 rings (SSSR count). The van der Waals surface area contributed by atoms with E-state index in [1.54, 1.807) is 0 Å². The fourth-order valence-corrected chi connectivity index (χ4v) is 11.6. The van der Waals surface area contributed by atoms with Crippen molar-refractivity contribution in [2.45, 2.75) is 55.4 Å². The number of hydrogen-bond donors (Lipinski definition) is 0. The summed E-state index contributed by atoms with van der Waals surface area (Å²) in [4.78, 5) is 0. The summed E-state index contributed by atoms with van der Waals surface area (Å²) >= 11 is 0. The molecule has 0 unspecified atom stereocenters. The molecule has 6 aliphatic rings. The molecule has 0 bridgehead atoms. The predicted molar refractivity (Wildman–Crippen MR) is 64.9 cm³/mol. The Balaban J connectivity index is 1.95. The quantitative estimate of drug-likeness (QED) is 0.572. The van der Waals surface area contributed by atoms with E-state index in [-0.39, 0.29) is 0 Å². The molecule has 0 aliphatic heterocycles. The average Bonchev–Trinajstić information content (AvgIpc) is 2.27.